The zero-order valence-electron chi connectivity index (χ0n) is 10.1. The van der Waals surface area contributed by atoms with E-state index in [9.17, 15) is 0 Å². The van der Waals surface area contributed by atoms with Gasteiger partial charge < -0.3 is 9.73 Å². The number of nitrogens with zero attached hydrogens (tertiary/aromatic N) is 1. The second kappa shape index (κ2) is 6.06. The van der Waals surface area contributed by atoms with Crippen molar-refractivity contribution in [3.05, 3.63) is 24.2 Å². The summed E-state index contributed by atoms with van der Waals surface area (Å²) in [6.45, 7) is 6.71. The van der Waals surface area contributed by atoms with Gasteiger partial charge in [0.15, 0.2) is 0 Å². The van der Waals surface area contributed by atoms with Crippen LogP contribution in [0.3, 0.4) is 0 Å². The Morgan fingerprint density at radius 3 is 3.19 bits per heavy atom. The van der Waals surface area contributed by atoms with Gasteiger partial charge in [-0.25, -0.2) is 0 Å². The number of furan rings is 1. The van der Waals surface area contributed by atoms with E-state index in [1.54, 1.807) is 6.26 Å². The minimum absolute atomic E-state index is 0.694. The molecule has 0 spiro atoms. The van der Waals surface area contributed by atoms with Gasteiger partial charge in [0.2, 0.25) is 0 Å². The average Bonchev–Trinajstić information content (AvgIpc) is 2.75. The van der Waals surface area contributed by atoms with E-state index in [1.165, 1.54) is 32.4 Å². The first-order valence-corrected chi connectivity index (χ1v) is 6.36. The molecule has 1 aliphatic heterocycles. The fraction of sp³-hybridized carbons (Fsp3) is 0.692. The molecule has 0 bridgehead atoms. The molecule has 1 aromatic rings. The van der Waals surface area contributed by atoms with Crippen LogP contribution in [0.15, 0.2) is 22.8 Å². The lowest BCUT2D eigenvalue weighted by Gasteiger charge is -2.28. The Balaban J connectivity index is 1.84. The molecule has 16 heavy (non-hydrogen) atoms. The van der Waals surface area contributed by atoms with Crippen molar-refractivity contribution in [1.29, 1.82) is 0 Å². The monoisotopic (exact) mass is 222 g/mol. The minimum Gasteiger partial charge on any atom is -0.468 e. The molecular formula is C13H22N2O. The molecule has 1 saturated heterocycles. The van der Waals surface area contributed by atoms with E-state index in [-0.39, 0.29) is 0 Å². The average molecular weight is 222 g/mol. The Morgan fingerprint density at radius 1 is 1.50 bits per heavy atom. The highest BCUT2D eigenvalue weighted by Crippen LogP contribution is 2.10. The maximum Gasteiger partial charge on any atom is 0.117 e. The zero-order valence-corrected chi connectivity index (χ0v) is 10.1. The van der Waals surface area contributed by atoms with Crippen molar-refractivity contribution < 1.29 is 4.42 Å². The number of hydrogen-bond donors (Lipinski definition) is 1. The molecule has 1 atom stereocenters. The first kappa shape index (κ1) is 11.7. The van der Waals surface area contributed by atoms with Gasteiger partial charge in [0.05, 0.1) is 12.8 Å². The van der Waals surface area contributed by atoms with E-state index in [1.807, 2.05) is 6.07 Å². The van der Waals surface area contributed by atoms with Gasteiger partial charge in [-0.2, -0.15) is 0 Å². The van der Waals surface area contributed by atoms with E-state index >= 15 is 0 Å². The Hall–Kier alpha value is -0.800. The lowest BCUT2D eigenvalue weighted by Crippen LogP contribution is -2.39. The molecule has 2 rings (SSSR count). The third-order valence-electron chi connectivity index (χ3n) is 3.33. The lowest BCUT2D eigenvalue weighted by atomic mass is 10.1. The summed E-state index contributed by atoms with van der Waals surface area (Å²) < 4.78 is 5.40. The van der Waals surface area contributed by atoms with Crippen molar-refractivity contribution >= 4 is 0 Å². The molecule has 3 heteroatoms. The van der Waals surface area contributed by atoms with E-state index in [0.717, 1.165) is 18.8 Å². The van der Waals surface area contributed by atoms with Gasteiger partial charge in [0, 0.05) is 12.6 Å². The summed E-state index contributed by atoms with van der Waals surface area (Å²) in [6.07, 6.45) is 5.47. The predicted octanol–water partition coefficient (Wildman–Crippen LogP) is 2.24. The second-order valence-electron chi connectivity index (χ2n) is 4.56. The Kier molecular flexibility index (Phi) is 4.43. The molecule has 1 N–H and O–H groups in total. The lowest BCUT2D eigenvalue weighted by molar-refractivity contribution is 0.209. The number of hydrogen-bond acceptors (Lipinski definition) is 3. The molecule has 90 valence electrons. The molecule has 3 nitrogen and oxygen atoms in total. The summed E-state index contributed by atoms with van der Waals surface area (Å²) >= 11 is 0. The van der Waals surface area contributed by atoms with Crippen LogP contribution in [0.5, 0.6) is 0 Å². The van der Waals surface area contributed by atoms with Gasteiger partial charge in [0.1, 0.15) is 5.76 Å². The molecule has 2 heterocycles. The van der Waals surface area contributed by atoms with Crippen LogP contribution in [0.1, 0.15) is 31.9 Å². The fourth-order valence-electron chi connectivity index (χ4n) is 2.29. The maximum absolute atomic E-state index is 5.40. The number of rotatable bonds is 3. The molecule has 0 aromatic carbocycles. The summed E-state index contributed by atoms with van der Waals surface area (Å²) in [5.74, 6) is 1.08. The van der Waals surface area contributed by atoms with E-state index < -0.39 is 0 Å². The van der Waals surface area contributed by atoms with Gasteiger partial charge in [0.25, 0.3) is 0 Å². The standard InChI is InChI=1S/C13H22N2O/c1-2-12-6-9-15(8-4-7-14-12)11-13-5-3-10-16-13/h3,5,10,12,14H,2,4,6-9,11H2,1H3. The fourth-order valence-corrected chi connectivity index (χ4v) is 2.29. The predicted molar refractivity (Wildman–Crippen MR) is 65.3 cm³/mol. The quantitative estimate of drug-likeness (QED) is 0.850. The molecule has 0 radical (unpaired) electrons. The minimum atomic E-state index is 0.694. The Bertz CT molecular complexity index is 284. The number of nitrogens with one attached hydrogen (secondary N) is 1. The Morgan fingerprint density at radius 2 is 2.44 bits per heavy atom. The van der Waals surface area contributed by atoms with E-state index in [2.05, 4.69) is 23.2 Å². The van der Waals surface area contributed by atoms with Gasteiger partial charge in [-0.05, 0) is 44.5 Å². The van der Waals surface area contributed by atoms with Crippen LogP contribution in [-0.4, -0.2) is 30.6 Å². The zero-order chi connectivity index (χ0) is 11.2. The third-order valence-corrected chi connectivity index (χ3v) is 3.33. The molecular weight excluding hydrogens is 200 g/mol. The van der Waals surface area contributed by atoms with Crippen LogP contribution in [0, 0.1) is 0 Å². The highest BCUT2D eigenvalue weighted by molar-refractivity contribution is 4.98. The van der Waals surface area contributed by atoms with Crippen LogP contribution in [0.2, 0.25) is 0 Å². The first-order chi connectivity index (χ1) is 7.88. The van der Waals surface area contributed by atoms with Crippen LogP contribution in [0.25, 0.3) is 0 Å². The molecule has 0 amide bonds. The van der Waals surface area contributed by atoms with Crippen LogP contribution < -0.4 is 5.32 Å². The highest BCUT2D eigenvalue weighted by Gasteiger charge is 2.14. The van der Waals surface area contributed by atoms with Crippen LogP contribution >= 0.6 is 0 Å². The van der Waals surface area contributed by atoms with Gasteiger partial charge >= 0.3 is 0 Å². The van der Waals surface area contributed by atoms with Crippen molar-refractivity contribution in [1.82, 2.24) is 10.2 Å². The molecule has 1 aromatic heterocycles. The third kappa shape index (κ3) is 3.35. The molecule has 1 fully saturated rings. The summed E-state index contributed by atoms with van der Waals surface area (Å²) in [7, 11) is 0. The second-order valence-corrected chi connectivity index (χ2v) is 4.56. The molecule has 0 aliphatic carbocycles. The summed E-state index contributed by atoms with van der Waals surface area (Å²) in [4.78, 5) is 2.50. The normalized spacial score (nSPS) is 23.9. The van der Waals surface area contributed by atoms with Crippen molar-refractivity contribution in [2.24, 2.45) is 0 Å². The smallest absolute Gasteiger partial charge is 0.117 e. The summed E-state index contributed by atoms with van der Waals surface area (Å²) in [5.41, 5.74) is 0. The highest BCUT2D eigenvalue weighted by atomic mass is 16.3. The van der Waals surface area contributed by atoms with Gasteiger partial charge in [-0.3, -0.25) is 4.90 Å². The van der Waals surface area contributed by atoms with E-state index in [0.29, 0.717) is 6.04 Å². The molecule has 0 saturated carbocycles. The van der Waals surface area contributed by atoms with Crippen molar-refractivity contribution in [2.45, 2.75) is 38.8 Å². The molecule has 1 aliphatic rings. The largest absolute Gasteiger partial charge is 0.468 e. The molecule has 1 unspecified atom stereocenters. The van der Waals surface area contributed by atoms with Crippen LogP contribution in [-0.2, 0) is 6.54 Å². The SMILES string of the molecule is CCC1CCN(Cc2ccco2)CCCN1. The van der Waals surface area contributed by atoms with Gasteiger partial charge in [-0.15, -0.1) is 0 Å². The van der Waals surface area contributed by atoms with Crippen molar-refractivity contribution in [3.63, 3.8) is 0 Å². The summed E-state index contributed by atoms with van der Waals surface area (Å²) in [6, 6.07) is 4.73. The topological polar surface area (TPSA) is 28.4 Å². The van der Waals surface area contributed by atoms with Crippen molar-refractivity contribution in [2.75, 3.05) is 19.6 Å². The maximum atomic E-state index is 5.40. The first-order valence-electron chi connectivity index (χ1n) is 6.36. The summed E-state index contributed by atoms with van der Waals surface area (Å²) in [5, 5.41) is 3.60. The van der Waals surface area contributed by atoms with E-state index in [4.69, 9.17) is 4.42 Å². The van der Waals surface area contributed by atoms with Crippen LogP contribution in [0.4, 0.5) is 0 Å². The Labute approximate surface area is 97.8 Å². The van der Waals surface area contributed by atoms with Gasteiger partial charge in [-0.1, -0.05) is 6.92 Å². The van der Waals surface area contributed by atoms with Crippen molar-refractivity contribution in [3.8, 4) is 0 Å².